The fourth-order valence-electron chi connectivity index (χ4n) is 3.32. The van der Waals surface area contributed by atoms with E-state index in [2.05, 4.69) is 20.6 Å². The van der Waals surface area contributed by atoms with Crippen LogP contribution in [0.3, 0.4) is 0 Å². The van der Waals surface area contributed by atoms with Crippen molar-refractivity contribution in [3.05, 3.63) is 77.9 Å². The van der Waals surface area contributed by atoms with Crippen molar-refractivity contribution in [1.29, 1.82) is 0 Å². The number of benzene rings is 1. The van der Waals surface area contributed by atoms with Crippen LogP contribution in [0, 0.1) is 0 Å². The summed E-state index contributed by atoms with van der Waals surface area (Å²) in [5, 5.41) is 5.98. The summed E-state index contributed by atoms with van der Waals surface area (Å²) in [5.74, 6) is 0.677. The predicted molar refractivity (Wildman–Crippen MR) is 103 cm³/mol. The van der Waals surface area contributed by atoms with Gasteiger partial charge in [-0.2, -0.15) is 0 Å². The standard InChI is InChI=1S/C21H21N5O/c27-21(24-12-15-6-2-1-3-7-15)26-19-10-4-9-18-17(19)14-23-20(25-18)16-8-5-11-22-13-16/h1-3,5-8,11,13-14,19H,4,9-10,12H2,(H2,24,26,27)/t19-/m1/s1. The molecule has 1 aliphatic rings. The largest absolute Gasteiger partial charge is 0.334 e. The number of urea groups is 1. The van der Waals surface area contributed by atoms with Gasteiger partial charge in [-0.25, -0.2) is 14.8 Å². The number of carbonyl (C=O) groups is 1. The van der Waals surface area contributed by atoms with Gasteiger partial charge in [-0.15, -0.1) is 0 Å². The van der Waals surface area contributed by atoms with Gasteiger partial charge in [-0.05, 0) is 37.0 Å². The van der Waals surface area contributed by atoms with Crippen molar-refractivity contribution < 1.29 is 4.79 Å². The molecule has 0 saturated carbocycles. The highest BCUT2D eigenvalue weighted by Gasteiger charge is 2.24. The monoisotopic (exact) mass is 359 g/mol. The van der Waals surface area contributed by atoms with Crippen molar-refractivity contribution in [2.45, 2.75) is 31.8 Å². The van der Waals surface area contributed by atoms with Crippen LogP contribution in [0.4, 0.5) is 4.79 Å². The molecule has 0 unspecified atom stereocenters. The predicted octanol–water partition coefficient (Wildman–Crippen LogP) is 3.42. The number of pyridine rings is 1. The first-order valence-corrected chi connectivity index (χ1v) is 9.14. The van der Waals surface area contributed by atoms with Crippen molar-refractivity contribution in [2.75, 3.05) is 0 Å². The Kier molecular flexibility index (Phi) is 5.05. The molecule has 136 valence electrons. The maximum atomic E-state index is 12.3. The van der Waals surface area contributed by atoms with E-state index >= 15 is 0 Å². The minimum absolute atomic E-state index is 0.0625. The van der Waals surface area contributed by atoms with E-state index < -0.39 is 0 Å². The lowest BCUT2D eigenvalue weighted by Crippen LogP contribution is -2.39. The molecule has 2 N–H and O–H groups in total. The Morgan fingerprint density at radius 1 is 1.11 bits per heavy atom. The second-order valence-corrected chi connectivity index (χ2v) is 6.59. The van der Waals surface area contributed by atoms with Gasteiger partial charge in [0.25, 0.3) is 0 Å². The first-order chi connectivity index (χ1) is 13.3. The van der Waals surface area contributed by atoms with Gasteiger partial charge in [0.05, 0.1) is 6.04 Å². The molecule has 2 amide bonds. The normalized spacial score (nSPS) is 15.6. The van der Waals surface area contributed by atoms with Crippen LogP contribution in [-0.2, 0) is 13.0 Å². The highest BCUT2D eigenvalue weighted by molar-refractivity contribution is 5.74. The van der Waals surface area contributed by atoms with Crippen molar-refractivity contribution in [3.8, 4) is 11.4 Å². The molecular formula is C21H21N5O. The number of nitrogens with one attached hydrogen (secondary N) is 2. The SMILES string of the molecule is O=C(NCc1ccccc1)N[C@@H]1CCCc2nc(-c3cccnc3)ncc21. The zero-order chi connectivity index (χ0) is 18.5. The van der Waals surface area contributed by atoms with Crippen LogP contribution < -0.4 is 10.6 Å². The summed E-state index contributed by atoms with van der Waals surface area (Å²) in [4.78, 5) is 25.6. The number of rotatable bonds is 4. The number of carbonyl (C=O) groups excluding carboxylic acids is 1. The molecular weight excluding hydrogens is 338 g/mol. The zero-order valence-corrected chi connectivity index (χ0v) is 14.9. The fraction of sp³-hybridized carbons (Fsp3) is 0.238. The van der Waals surface area contributed by atoms with Gasteiger partial charge in [-0.1, -0.05) is 30.3 Å². The number of hydrogen-bond acceptors (Lipinski definition) is 4. The van der Waals surface area contributed by atoms with E-state index in [0.717, 1.165) is 41.6 Å². The van der Waals surface area contributed by atoms with E-state index in [1.807, 2.05) is 48.7 Å². The molecule has 0 radical (unpaired) electrons. The van der Waals surface area contributed by atoms with Gasteiger partial charge in [0.2, 0.25) is 0 Å². The van der Waals surface area contributed by atoms with E-state index in [9.17, 15) is 4.79 Å². The van der Waals surface area contributed by atoms with Crippen LogP contribution in [-0.4, -0.2) is 21.0 Å². The Labute approximate surface area is 158 Å². The topological polar surface area (TPSA) is 79.8 Å². The molecule has 2 heterocycles. The van der Waals surface area contributed by atoms with Gasteiger partial charge in [0.1, 0.15) is 0 Å². The molecule has 27 heavy (non-hydrogen) atoms. The molecule has 0 spiro atoms. The third-order valence-electron chi connectivity index (χ3n) is 4.70. The minimum atomic E-state index is -0.173. The lowest BCUT2D eigenvalue weighted by molar-refractivity contribution is 0.235. The van der Waals surface area contributed by atoms with E-state index in [1.165, 1.54) is 0 Å². The summed E-state index contributed by atoms with van der Waals surface area (Å²) in [6, 6.07) is 13.5. The number of amides is 2. The second-order valence-electron chi connectivity index (χ2n) is 6.59. The average Bonchev–Trinajstić information content (AvgIpc) is 2.73. The number of aryl methyl sites for hydroxylation is 1. The quantitative estimate of drug-likeness (QED) is 0.748. The van der Waals surface area contributed by atoms with Crippen LogP contribution in [0.15, 0.2) is 61.1 Å². The van der Waals surface area contributed by atoms with Crippen molar-refractivity contribution >= 4 is 6.03 Å². The summed E-state index contributed by atoms with van der Waals surface area (Å²) in [7, 11) is 0. The third kappa shape index (κ3) is 4.11. The average molecular weight is 359 g/mol. The van der Waals surface area contributed by atoms with Gasteiger partial charge < -0.3 is 10.6 Å². The van der Waals surface area contributed by atoms with E-state index in [0.29, 0.717) is 12.4 Å². The molecule has 1 atom stereocenters. The first kappa shape index (κ1) is 17.1. The summed E-state index contributed by atoms with van der Waals surface area (Å²) in [6.45, 7) is 0.503. The summed E-state index contributed by atoms with van der Waals surface area (Å²) in [6.07, 6.45) is 8.11. The van der Waals surface area contributed by atoms with Crippen LogP contribution in [0.25, 0.3) is 11.4 Å². The second kappa shape index (κ2) is 7.95. The van der Waals surface area contributed by atoms with Crippen molar-refractivity contribution in [2.24, 2.45) is 0 Å². The molecule has 2 aromatic heterocycles. The molecule has 1 aliphatic carbocycles. The molecule has 0 saturated heterocycles. The maximum Gasteiger partial charge on any atom is 0.315 e. The lowest BCUT2D eigenvalue weighted by atomic mass is 9.92. The maximum absolute atomic E-state index is 12.3. The highest BCUT2D eigenvalue weighted by atomic mass is 16.2. The molecule has 1 aromatic carbocycles. The Morgan fingerprint density at radius 3 is 2.81 bits per heavy atom. The number of nitrogens with zero attached hydrogens (tertiary/aromatic N) is 3. The molecule has 0 bridgehead atoms. The Bertz CT molecular complexity index is 914. The van der Waals surface area contributed by atoms with Crippen molar-refractivity contribution in [1.82, 2.24) is 25.6 Å². The van der Waals surface area contributed by atoms with E-state index in [4.69, 9.17) is 4.98 Å². The molecule has 4 rings (SSSR count). The third-order valence-corrected chi connectivity index (χ3v) is 4.70. The van der Waals surface area contributed by atoms with Gasteiger partial charge >= 0.3 is 6.03 Å². The highest BCUT2D eigenvalue weighted by Crippen LogP contribution is 2.29. The zero-order valence-electron chi connectivity index (χ0n) is 14.9. The minimum Gasteiger partial charge on any atom is -0.334 e. The number of fused-ring (bicyclic) bond motifs is 1. The van der Waals surface area contributed by atoms with Crippen LogP contribution >= 0.6 is 0 Å². The Balaban J connectivity index is 1.44. The molecule has 0 fully saturated rings. The van der Waals surface area contributed by atoms with Crippen LogP contribution in [0.1, 0.15) is 35.7 Å². The van der Waals surface area contributed by atoms with E-state index in [1.54, 1.807) is 12.4 Å². The van der Waals surface area contributed by atoms with Crippen LogP contribution in [0.2, 0.25) is 0 Å². The molecule has 6 heteroatoms. The summed E-state index contributed by atoms with van der Waals surface area (Å²) in [5.41, 5.74) is 3.98. The number of aromatic nitrogens is 3. The molecule has 0 aliphatic heterocycles. The molecule has 6 nitrogen and oxygen atoms in total. The summed E-state index contributed by atoms with van der Waals surface area (Å²) < 4.78 is 0. The van der Waals surface area contributed by atoms with Gasteiger partial charge in [-0.3, -0.25) is 4.98 Å². The van der Waals surface area contributed by atoms with Gasteiger partial charge in [0, 0.05) is 42.0 Å². The fourth-order valence-corrected chi connectivity index (χ4v) is 3.32. The lowest BCUT2D eigenvalue weighted by Gasteiger charge is -2.25. The first-order valence-electron chi connectivity index (χ1n) is 9.14. The molecule has 3 aromatic rings. The van der Waals surface area contributed by atoms with E-state index in [-0.39, 0.29) is 12.1 Å². The van der Waals surface area contributed by atoms with Gasteiger partial charge in [0.15, 0.2) is 5.82 Å². The van der Waals surface area contributed by atoms with Crippen LogP contribution in [0.5, 0.6) is 0 Å². The summed E-state index contributed by atoms with van der Waals surface area (Å²) >= 11 is 0. The Morgan fingerprint density at radius 2 is 2.00 bits per heavy atom. The van der Waals surface area contributed by atoms with Crippen molar-refractivity contribution in [3.63, 3.8) is 0 Å². The Hall–Kier alpha value is -3.28. The number of hydrogen-bond donors (Lipinski definition) is 2. The smallest absolute Gasteiger partial charge is 0.315 e.